The topological polar surface area (TPSA) is 105 Å². The van der Waals surface area contributed by atoms with Crippen LogP contribution in [0.15, 0.2) is 36.8 Å². The van der Waals surface area contributed by atoms with E-state index in [4.69, 9.17) is 31.5 Å². The molecule has 2 aromatic heterocycles. The molecule has 2 aliphatic heterocycles. The number of halogens is 2. The molecule has 5 atom stereocenters. The minimum absolute atomic E-state index is 0.0704. The first-order valence-electron chi connectivity index (χ1n) is 9.46. The standard InChI is InChI=1S/C20H20ClFN4O4/c1-20(2)29-15-14(13(27)10-4-3-9(21)7-12(10)22)28-19(16(15)30-20)26-6-5-11-17(23)24-8-25-18(11)26/h3-8,13-16,19,27H,1-2H3,(H2,23,24,25)/t13?,14-,15-,16-,19-/m1/s1. The predicted octanol–water partition coefficient (Wildman–Crippen LogP) is 2.96. The Morgan fingerprint density at radius 3 is 2.77 bits per heavy atom. The average Bonchev–Trinajstić information content (AvgIpc) is 3.32. The second-order valence-electron chi connectivity index (χ2n) is 7.89. The molecule has 1 unspecified atom stereocenters. The van der Waals surface area contributed by atoms with Crippen LogP contribution in [0.1, 0.15) is 31.7 Å². The average molecular weight is 435 g/mol. The van der Waals surface area contributed by atoms with Crippen molar-refractivity contribution in [2.24, 2.45) is 0 Å². The second-order valence-corrected chi connectivity index (χ2v) is 8.32. The number of benzene rings is 1. The summed E-state index contributed by atoms with van der Waals surface area (Å²) >= 11 is 5.84. The highest BCUT2D eigenvalue weighted by molar-refractivity contribution is 6.30. The molecule has 158 valence electrons. The number of aliphatic hydroxyl groups is 1. The van der Waals surface area contributed by atoms with Gasteiger partial charge in [-0.05, 0) is 32.0 Å². The van der Waals surface area contributed by atoms with Gasteiger partial charge in [-0.3, -0.25) is 0 Å². The summed E-state index contributed by atoms with van der Waals surface area (Å²) in [5, 5.41) is 11.9. The summed E-state index contributed by atoms with van der Waals surface area (Å²) in [5.41, 5.74) is 6.58. The molecule has 3 N–H and O–H groups in total. The molecule has 0 radical (unpaired) electrons. The Morgan fingerprint density at radius 2 is 2.00 bits per heavy atom. The molecule has 2 saturated heterocycles. The maximum atomic E-state index is 14.5. The van der Waals surface area contributed by atoms with Crippen LogP contribution in [-0.2, 0) is 14.2 Å². The van der Waals surface area contributed by atoms with E-state index in [0.29, 0.717) is 16.9 Å². The molecule has 8 nitrogen and oxygen atoms in total. The van der Waals surface area contributed by atoms with Crippen LogP contribution in [-0.4, -0.2) is 43.7 Å². The first kappa shape index (κ1) is 19.7. The Hall–Kier alpha value is -2.30. The third-order valence-corrected chi connectivity index (χ3v) is 5.71. The van der Waals surface area contributed by atoms with E-state index >= 15 is 0 Å². The van der Waals surface area contributed by atoms with E-state index in [2.05, 4.69) is 9.97 Å². The number of hydrogen-bond donors (Lipinski definition) is 2. The van der Waals surface area contributed by atoms with Crippen LogP contribution in [0.5, 0.6) is 0 Å². The molecule has 2 fully saturated rings. The van der Waals surface area contributed by atoms with Crippen LogP contribution in [0.3, 0.4) is 0 Å². The maximum absolute atomic E-state index is 14.5. The lowest BCUT2D eigenvalue weighted by atomic mass is 9.99. The summed E-state index contributed by atoms with van der Waals surface area (Å²) in [6.45, 7) is 3.56. The van der Waals surface area contributed by atoms with Crippen LogP contribution in [0.4, 0.5) is 10.2 Å². The van der Waals surface area contributed by atoms with E-state index in [1.54, 1.807) is 30.7 Å². The summed E-state index contributed by atoms with van der Waals surface area (Å²) in [6, 6.07) is 5.89. The van der Waals surface area contributed by atoms with Gasteiger partial charge in [0.25, 0.3) is 0 Å². The number of nitrogens with zero attached hydrogens (tertiary/aromatic N) is 3. The van der Waals surface area contributed by atoms with E-state index in [0.717, 1.165) is 6.07 Å². The molecule has 0 spiro atoms. The van der Waals surface area contributed by atoms with Crippen molar-refractivity contribution in [2.45, 2.75) is 50.3 Å². The van der Waals surface area contributed by atoms with Gasteiger partial charge in [-0.25, -0.2) is 14.4 Å². The Bertz CT molecular complexity index is 1120. The zero-order valence-corrected chi connectivity index (χ0v) is 17.0. The zero-order valence-electron chi connectivity index (χ0n) is 16.2. The first-order chi connectivity index (χ1) is 14.2. The highest BCUT2D eigenvalue weighted by Crippen LogP contribution is 2.47. The molecule has 3 aromatic rings. The number of ether oxygens (including phenoxy) is 3. The molecule has 0 amide bonds. The van der Waals surface area contributed by atoms with Gasteiger partial charge in [0.2, 0.25) is 0 Å². The molecule has 5 rings (SSSR count). The number of rotatable bonds is 3. The van der Waals surface area contributed by atoms with Gasteiger partial charge < -0.3 is 29.6 Å². The molecule has 2 aliphatic rings. The van der Waals surface area contributed by atoms with E-state index in [1.165, 1.54) is 18.5 Å². The van der Waals surface area contributed by atoms with Crippen LogP contribution in [0.25, 0.3) is 11.0 Å². The van der Waals surface area contributed by atoms with E-state index in [-0.39, 0.29) is 10.6 Å². The molecular weight excluding hydrogens is 415 g/mol. The quantitative estimate of drug-likeness (QED) is 0.653. The van der Waals surface area contributed by atoms with Gasteiger partial charge in [0, 0.05) is 16.8 Å². The fourth-order valence-corrected chi connectivity index (χ4v) is 4.36. The van der Waals surface area contributed by atoms with E-state index in [9.17, 15) is 9.50 Å². The van der Waals surface area contributed by atoms with Gasteiger partial charge >= 0.3 is 0 Å². The Labute approximate surface area is 176 Å². The normalized spacial score (nSPS) is 28.7. The molecule has 0 aliphatic carbocycles. The second kappa shape index (κ2) is 6.86. The molecule has 0 saturated carbocycles. The van der Waals surface area contributed by atoms with Gasteiger partial charge in [-0.2, -0.15) is 0 Å². The smallest absolute Gasteiger partial charge is 0.164 e. The van der Waals surface area contributed by atoms with Crippen molar-refractivity contribution in [3.05, 3.63) is 53.2 Å². The monoisotopic (exact) mass is 434 g/mol. The van der Waals surface area contributed by atoms with Crippen molar-refractivity contribution in [3.63, 3.8) is 0 Å². The number of nitrogen functional groups attached to an aromatic ring is 1. The number of hydrogen-bond acceptors (Lipinski definition) is 7. The van der Waals surface area contributed by atoms with Crippen molar-refractivity contribution in [1.82, 2.24) is 14.5 Å². The van der Waals surface area contributed by atoms with E-state index < -0.39 is 42.2 Å². The van der Waals surface area contributed by atoms with Crippen molar-refractivity contribution < 1.29 is 23.7 Å². The lowest BCUT2D eigenvalue weighted by Gasteiger charge is -2.27. The molecule has 30 heavy (non-hydrogen) atoms. The van der Waals surface area contributed by atoms with Crippen molar-refractivity contribution >= 4 is 28.5 Å². The van der Waals surface area contributed by atoms with Crippen LogP contribution in [0, 0.1) is 5.82 Å². The number of nitrogens with two attached hydrogens (primary N) is 1. The zero-order chi connectivity index (χ0) is 21.2. The summed E-state index contributed by atoms with van der Waals surface area (Å²) in [6.07, 6.45) is -0.893. The lowest BCUT2D eigenvalue weighted by molar-refractivity contribution is -0.207. The fraction of sp³-hybridized carbons (Fsp3) is 0.400. The Morgan fingerprint density at radius 1 is 1.23 bits per heavy atom. The third kappa shape index (κ3) is 3.05. The third-order valence-electron chi connectivity index (χ3n) is 5.47. The van der Waals surface area contributed by atoms with Crippen molar-refractivity contribution in [2.75, 3.05) is 5.73 Å². The van der Waals surface area contributed by atoms with Gasteiger partial charge in [0.05, 0.1) is 5.39 Å². The predicted molar refractivity (Wildman–Crippen MR) is 106 cm³/mol. The highest BCUT2D eigenvalue weighted by Gasteiger charge is 2.58. The first-order valence-corrected chi connectivity index (χ1v) is 9.84. The SMILES string of the molecule is CC1(C)O[C@@H]2[C@H](O1)[C@@H](C(O)c1ccc(Cl)cc1F)O[C@H]2n1ccc2c(N)ncnc21. The Balaban J connectivity index is 1.55. The molecule has 10 heteroatoms. The van der Waals surface area contributed by atoms with Crippen LogP contribution in [0.2, 0.25) is 5.02 Å². The fourth-order valence-electron chi connectivity index (χ4n) is 4.20. The van der Waals surface area contributed by atoms with Crippen LogP contribution < -0.4 is 5.73 Å². The molecular formula is C20H20ClFN4O4. The lowest BCUT2D eigenvalue weighted by Crippen LogP contribution is -2.34. The van der Waals surface area contributed by atoms with Gasteiger partial charge in [0.15, 0.2) is 12.0 Å². The number of aliphatic hydroxyl groups excluding tert-OH is 1. The van der Waals surface area contributed by atoms with Crippen molar-refractivity contribution in [3.8, 4) is 0 Å². The molecule has 1 aromatic carbocycles. The summed E-state index contributed by atoms with van der Waals surface area (Å²) in [5.74, 6) is -1.18. The Kier molecular flexibility index (Phi) is 4.49. The summed E-state index contributed by atoms with van der Waals surface area (Å²) < 4.78 is 34.5. The number of anilines is 1. The molecule has 0 bridgehead atoms. The summed E-state index contributed by atoms with van der Waals surface area (Å²) in [4.78, 5) is 8.31. The largest absolute Gasteiger partial charge is 0.385 e. The van der Waals surface area contributed by atoms with Crippen LogP contribution >= 0.6 is 11.6 Å². The minimum Gasteiger partial charge on any atom is -0.385 e. The number of aromatic nitrogens is 3. The number of fused-ring (bicyclic) bond motifs is 2. The summed E-state index contributed by atoms with van der Waals surface area (Å²) in [7, 11) is 0. The van der Waals surface area contributed by atoms with Crippen molar-refractivity contribution in [1.29, 1.82) is 0 Å². The van der Waals surface area contributed by atoms with Gasteiger partial charge in [0.1, 0.15) is 48.0 Å². The van der Waals surface area contributed by atoms with E-state index in [1.807, 2.05) is 0 Å². The minimum atomic E-state index is -1.29. The van der Waals surface area contributed by atoms with Gasteiger partial charge in [-0.1, -0.05) is 17.7 Å². The maximum Gasteiger partial charge on any atom is 0.164 e. The highest BCUT2D eigenvalue weighted by atomic mass is 35.5. The van der Waals surface area contributed by atoms with Gasteiger partial charge in [-0.15, -0.1) is 0 Å². The molecule has 4 heterocycles.